The molecule has 2 N–H and O–H groups in total. The number of nitrogens with one attached hydrogen (secondary N) is 1. The minimum Gasteiger partial charge on any atom is -0.480 e. The lowest BCUT2D eigenvalue weighted by molar-refractivity contribution is -0.146. The predicted octanol–water partition coefficient (Wildman–Crippen LogP) is 2.77. The summed E-state index contributed by atoms with van der Waals surface area (Å²) < 4.78 is 0. The molecule has 0 radical (unpaired) electrons. The molecule has 5 nitrogen and oxygen atoms in total. The van der Waals surface area contributed by atoms with Gasteiger partial charge in [0.05, 0.1) is 0 Å². The quantitative estimate of drug-likeness (QED) is 0.786. The molecule has 0 aromatic carbocycles. The molecule has 1 aliphatic heterocycles. The Morgan fingerprint density at radius 3 is 2.62 bits per heavy atom. The van der Waals surface area contributed by atoms with Gasteiger partial charge in [-0.15, -0.1) is 0 Å². The van der Waals surface area contributed by atoms with Crippen molar-refractivity contribution >= 4 is 12.0 Å². The molecule has 2 rings (SSSR count). The Bertz CT molecular complexity index is 437. The van der Waals surface area contributed by atoms with Gasteiger partial charge in [-0.1, -0.05) is 25.0 Å². The summed E-state index contributed by atoms with van der Waals surface area (Å²) in [5, 5.41) is 12.4. The Kier molecular flexibility index (Phi) is 4.91. The largest absolute Gasteiger partial charge is 0.480 e. The van der Waals surface area contributed by atoms with Gasteiger partial charge >= 0.3 is 12.0 Å². The number of carboxylic acid groups (broad SMARTS) is 1. The summed E-state index contributed by atoms with van der Waals surface area (Å²) in [5.74, 6) is -0.302. The van der Waals surface area contributed by atoms with Crippen LogP contribution in [0.3, 0.4) is 0 Å². The number of rotatable bonds is 3. The van der Waals surface area contributed by atoms with Crippen LogP contribution in [0.25, 0.3) is 0 Å². The second-order valence-corrected chi connectivity index (χ2v) is 6.43. The lowest BCUT2D eigenvalue weighted by Gasteiger charge is -2.39. The molecule has 1 heterocycles. The molecule has 0 bridgehead atoms. The van der Waals surface area contributed by atoms with Crippen molar-refractivity contribution in [2.45, 2.75) is 57.9 Å². The third kappa shape index (κ3) is 3.57. The minimum atomic E-state index is -1.07. The van der Waals surface area contributed by atoms with Crippen LogP contribution in [0.4, 0.5) is 4.79 Å². The van der Waals surface area contributed by atoms with Gasteiger partial charge in [-0.3, -0.25) is 0 Å². The number of carboxylic acids is 1. The van der Waals surface area contributed by atoms with Crippen LogP contribution in [0.2, 0.25) is 0 Å². The molecule has 1 fully saturated rings. The van der Waals surface area contributed by atoms with Crippen molar-refractivity contribution in [2.24, 2.45) is 5.92 Å². The zero-order chi connectivity index (χ0) is 15.5. The third-order valence-electron chi connectivity index (χ3n) is 4.91. The number of urea groups is 1. The first-order valence-corrected chi connectivity index (χ1v) is 7.93. The molecule has 0 aromatic heterocycles. The van der Waals surface area contributed by atoms with Crippen LogP contribution in [0.15, 0.2) is 11.6 Å². The van der Waals surface area contributed by atoms with E-state index in [0.29, 0.717) is 31.8 Å². The molecular weight excluding hydrogens is 268 g/mol. The molecule has 0 spiro atoms. The van der Waals surface area contributed by atoms with Crippen LogP contribution in [0.5, 0.6) is 0 Å². The van der Waals surface area contributed by atoms with Crippen molar-refractivity contribution in [3.63, 3.8) is 0 Å². The first kappa shape index (κ1) is 15.9. The smallest absolute Gasteiger partial charge is 0.329 e. The van der Waals surface area contributed by atoms with E-state index < -0.39 is 11.5 Å². The SMILES string of the molecule is CCC1CCC(NC(=O)N2CCC=C(C)C2)(C(=O)O)CC1. The fraction of sp³-hybridized carbons (Fsp3) is 0.750. The highest BCUT2D eigenvalue weighted by Crippen LogP contribution is 2.34. The van der Waals surface area contributed by atoms with Crippen LogP contribution in [-0.4, -0.2) is 40.6 Å². The molecule has 0 aromatic rings. The van der Waals surface area contributed by atoms with Gasteiger partial charge in [0.2, 0.25) is 0 Å². The molecule has 2 amide bonds. The maximum Gasteiger partial charge on any atom is 0.329 e. The zero-order valence-electron chi connectivity index (χ0n) is 13.0. The Morgan fingerprint density at radius 2 is 2.10 bits per heavy atom. The van der Waals surface area contributed by atoms with E-state index in [1.165, 1.54) is 0 Å². The summed E-state index contributed by atoms with van der Waals surface area (Å²) in [6.07, 6.45) is 6.88. The summed E-state index contributed by atoms with van der Waals surface area (Å²) in [5.41, 5.74) is 0.0909. The molecule has 0 unspecified atom stereocenters. The van der Waals surface area contributed by atoms with Crippen molar-refractivity contribution in [2.75, 3.05) is 13.1 Å². The number of aliphatic carboxylic acids is 1. The van der Waals surface area contributed by atoms with E-state index in [1.807, 2.05) is 6.92 Å². The normalized spacial score (nSPS) is 29.7. The van der Waals surface area contributed by atoms with E-state index in [1.54, 1.807) is 4.90 Å². The number of carbonyl (C=O) groups excluding carboxylic acids is 1. The van der Waals surface area contributed by atoms with Gasteiger partial charge in [-0.05, 0) is 44.9 Å². The Morgan fingerprint density at radius 1 is 1.43 bits per heavy atom. The lowest BCUT2D eigenvalue weighted by atomic mass is 9.75. The maximum absolute atomic E-state index is 12.4. The van der Waals surface area contributed by atoms with Gasteiger partial charge in [-0.2, -0.15) is 0 Å². The second-order valence-electron chi connectivity index (χ2n) is 6.43. The van der Waals surface area contributed by atoms with E-state index in [2.05, 4.69) is 18.3 Å². The van der Waals surface area contributed by atoms with Crippen LogP contribution in [0, 0.1) is 5.92 Å². The summed E-state index contributed by atoms with van der Waals surface area (Å²) in [7, 11) is 0. The molecule has 0 atom stereocenters. The number of hydrogen-bond acceptors (Lipinski definition) is 2. The number of amides is 2. The standard InChI is InChI=1S/C16H26N2O3/c1-3-13-6-8-16(9-7-13,14(19)20)17-15(21)18-10-4-5-12(2)11-18/h5,13H,3-4,6-11H2,1-2H3,(H,17,21)(H,19,20). The number of carbonyl (C=O) groups is 2. The molecule has 21 heavy (non-hydrogen) atoms. The van der Waals surface area contributed by atoms with Crippen molar-refractivity contribution in [1.29, 1.82) is 0 Å². The van der Waals surface area contributed by atoms with E-state index in [9.17, 15) is 14.7 Å². The van der Waals surface area contributed by atoms with Gasteiger partial charge in [0.15, 0.2) is 0 Å². The maximum atomic E-state index is 12.4. The van der Waals surface area contributed by atoms with Gasteiger partial charge in [0.1, 0.15) is 5.54 Å². The molecular formula is C16H26N2O3. The highest BCUT2D eigenvalue weighted by atomic mass is 16.4. The first-order valence-electron chi connectivity index (χ1n) is 7.93. The highest BCUT2D eigenvalue weighted by molar-refractivity contribution is 5.86. The van der Waals surface area contributed by atoms with Crippen molar-refractivity contribution in [3.8, 4) is 0 Å². The second kappa shape index (κ2) is 6.50. The fourth-order valence-corrected chi connectivity index (χ4v) is 3.34. The van der Waals surface area contributed by atoms with E-state index in [-0.39, 0.29) is 6.03 Å². The minimum absolute atomic E-state index is 0.236. The number of hydrogen-bond donors (Lipinski definition) is 2. The van der Waals surface area contributed by atoms with E-state index in [4.69, 9.17) is 0 Å². The fourth-order valence-electron chi connectivity index (χ4n) is 3.34. The third-order valence-corrected chi connectivity index (χ3v) is 4.91. The van der Waals surface area contributed by atoms with Crippen molar-refractivity contribution < 1.29 is 14.7 Å². The molecule has 1 aliphatic carbocycles. The van der Waals surface area contributed by atoms with Crippen LogP contribution in [0.1, 0.15) is 52.4 Å². The van der Waals surface area contributed by atoms with E-state index in [0.717, 1.165) is 31.3 Å². The topological polar surface area (TPSA) is 69.6 Å². The first-order chi connectivity index (χ1) is 9.97. The predicted molar refractivity (Wildman–Crippen MR) is 81.1 cm³/mol. The van der Waals surface area contributed by atoms with Gasteiger partial charge in [0, 0.05) is 13.1 Å². The van der Waals surface area contributed by atoms with Gasteiger partial charge < -0.3 is 15.3 Å². The summed E-state index contributed by atoms with van der Waals surface area (Å²) in [6.45, 7) is 5.40. The van der Waals surface area contributed by atoms with E-state index >= 15 is 0 Å². The number of nitrogens with zero attached hydrogens (tertiary/aromatic N) is 1. The highest BCUT2D eigenvalue weighted by Gasteiger charge is 2.43. The molecule has 1 saturated carbocycles. The zero-order valence-corrected chi connectivity index (χ0v) is 13.0. The van der Waals surface area contributed by atoms with Crippen LogP contribution < -0.4 is 5.32 Å². The summed E-state index contributed by atoms with van der Waals surface area (Å²) in [4.78, 5) is 25.8. The molecule has 2 aliphatic rings. The Hall–Kier alpha value is -1.52. The lowest BCUT2D eigenvalue weighted by Crippen LogP contribution is -2.59. The monoisotopic (exact) mass is 294 g/mol. The average molecular weight is 294 g/mol. The molecule has 118 valence electrons. The van der Waals surface area contributed by atoms with Gasteiger partial charge in [0.25, 0.3) is 0 Å². The summed E-state index contributed by atoms with van der Waals surface area (Å²) in [6, 6.07) is -0.236. The van der Waals surface area contributed by atoms with Gasteiger partial charge in [-0.25, -0.2) is 9.59 Å². The Labute approximate surface area is 126 Å². The van der Waals surface area contributed by atoms with Crippen LogP contribution >= 0.6 is 0 Å². The molecule has 5 heteroatoms. The van der Waals surface area contributed by atoms with Crippen LogP contribution in [-0.2, 0) is 4.79 Å². The Balaban J connectivity index is 2.02. The van der Waals surface area contributed by atoms with Crippen molar-refractivity contribution in [3.05, 3.63) is 11.6 Å². The van der Waals surface area contributed by atoms with Crippen molar-refractivity contribution in [1.82, 2.24) is 10.2 Å². The summed E-state index contributed by atoms with van der Waals surface area (Å²) >= 11 is 0. The molecule has 0 saturated heterocycles. The average Bonchev–Trinajstić information content (AvgIpc) is 2.47.